The van der Waals surface area contributed by atoms with Crippen LogP contribution in [0, 0.1) is 5.82 Å². The van der Waals surface area contributed by atoms with Crippen molar-refractivity contribution in [1.82, 2.24) is 0 Å². The second-order valence-electron chi connectivity index (χ2n) is 4.15. The first-order valence-corrected chi connectivity index (χ1v) is 6.82. The summed E-state index contributed by atoms with van der Waals surface area (Å²) in [6.07, 6.45) is 0. The van der Waals surface area contributed by atoms with Crippen LogP contribution in [0.25, 0.3) is 0 Å². The number of ether oxygens (including phenoxy) is 1. The van der Waals surface area contributed by atoms with Crippen molar-refractivity contribution < 1.29 is 9.13 Å². The number of hydrogen-bond donors (Lipinski definition) is 1. The van der Waals surface area contributed by atoms with Crippen molar-refractivity contribution in [2.45, 2.75) is 13.0 Å². The summed E-state index contributed by atoms with van der Waals surface area (Å²) in [7, 11) is 0. The lowest BCUT2D eigenvalue weighted by molar-refractivity contribution is 0.470. The highest BCUT2D eigenvalue weighted by atomic mass is 79.9. The fraction of sp³-hybridized carbons (Fsp3) is 0.143. The predicted molar refractivity (Wildman–Crippen MR) is 78.2 cm³/mol. The normalized spacial score (nSPS) is 12.3. The number of halogens is 3. The number of rotatable bonds is 3. The molecule has 19 heavy (non-hydrogen) atoms. The van der Waals surface area contributed by atoms with Crippen LogP contribution in [0.4, 0.5) is 4.39 Å². The zero-order valence-corrected chi connectivity index (χ0v) is 12.5. The third kappa shape index (κ3) is 3.47. The van der Waals surface area contributed by atoms with Gasteiger partial charge in [0, 0.05) is 22.1 Å². The zero-order valence-electron chi connectivity index (χ0n) is 10.2. The molecule has 0 fully saturated rings. The maximum atomic E-state index is 13.1. The summed E-state index contributed by atoms with van der Waals surface area (Å²) in [5.41, 5.74) is 6.76. The van der Waals surface area contributed by atoms with Crippen LogP contribution in [0.3, 0.4) is 0 Å². The quantitative estimate of drug-likeness (QED) is 0.845. The van der Waals surface area contributed by atoms with E-state index in [0.717, 1.165) is 10.0 Å². The topological polar surface area (TPSA) is 35.2 Å². The Balaban J connectivity index is 2.36. The summed E-state index contributed by atoms with van der Waals surface area (Å²) >= 11 is 9.10. The fourth-order valence-electron chi connectivity index (χ4n) is 1.64. The van der Waals surface area contributed by atoms with Gasteiger partial charge in [0.2, 0.25) is 0 Å². The lowest BCUT2D eigenvalue weighted by Crippen LogP contribution is -2.06. The third-order valence-electron chi connectivity index (χ3n) is 2.59. The highest BCUT2D eigenvalue weighted by Crippen LogP contribution is 2.32. The van der Waals surface area contributed by atoms with Crippen LogP contribution in [0.5, 0.6) is 11.5 Å². The summed E-state index contributed by atoms with van der Waals surface area (Å²) in [5.74, 6) is 0.606. The Kier molecular flexibility index (Phi) is 4.45. The molecule has 0 aliphatic heterocycles. The Labute approximate surface area is 124 Å². The molecule has 2 nitrogen and oxygen atoms in total. The van der Waals surface area contributed by atoms with Crippen LogP contribution in [0.15, 0.2) is 40.9 Å². The van der Waals surface area contributed by atoms with Crippen molar-refractivity contribution in [3.8, 4) is 11.5 Å². The lowest BCUT2D eigenvalue weighted by Gasteiger charge is -2.14. The van der Waals surface area contributed by atoms with E-state index in [4.69, 9.17) is 22.1 Å². The van der Waals surface area contributed by atoms with Crippen molar-refractivity contribution >= 4 is 27.5 Å². The molecule has 0 aliphatic rings. The molecule has 2 aromatic carbocycles. The summed E-state index contributed by atoms with van der Waals surface area (Å²) in [6.45, 7) is 1.87. The molecule has 0 aromatic heterocycles. The van der Waals surface area contributed by atoms with Crippen LogP contribution in [-0.4, -0.2) is 0 Å². The molecule has 0 radical (unpaired) electrons. The molecule has 5 heteroatoms. The van der Waals surface area contributed by atoms with Crippen LogP contribution in [0.1, 0.15) is 18.5 Å². The van der Waals surface area contributed by atoms with Gasteiger partial charge in [-0.15, -0.1) is 0 Å². The van der Waals surface area contributed by atoms with E-state index in [0.29, 0.717) is 11.5 Å². The van der Waals surface area contributed by atoms with Gasteiger partial charge in [0.05, 0.1) is 5.02 Å². The van der Waals surface area contributed by atoms with Crippen molar-refractivity contribution in [2.75, 3.05) is 0 Å². The lowest BCUT2D eigenvalue weighted by atomic mass is 10.1. The molecule has 0 aliphatic carbocycles. The molecule has 1 atom stereocenters. The smallest absolute Gasteiger partial charge is 0.142 e. The minimum Gasteiger partial charge on any atom is -0.457 e. The molecule has 100 valence electrons. The summed E-state index contributed by atoms with van der Waals surface area (Å²) < 4.78 is 19.7. The van der Waals surface area contributed by atoms with Crippen LogP contribution in [-0.2, 0) is 0 Å². The van der Waals surface area contributed by atoms with Gasteiger partial charge in [-0.25, -0.2) is 4.39 Å². The highest BCUT2D eigenvalue weighted by Gasteiger charge is 2.10. The second-order valence-corrected chi connectivity index (χ2v) is 5.47. The summed E-state index contributed by atoms with van der Waals surface area (Å²) in [4.78, 5) is 0. The second kappa shape index (κ2) is 5.90. The molecule has 0 amide bonds. The number of hydrogen-bond acceptors (Lipinski definition) is 2. The van der Waals surface area contributed by atoms with Gasteiger partial charge in [-0.2, -0.15) is 0 Å². The monoisotopic (exact) mass is 343 g/mol. The van der Waals surface area contributed by atoms with E-state index in [1.807, 2.05) is 25.1 Å². The minimum atomic E-state index is -0.476. The molecular weight excluding hydrogens is 333 g/mol. The van der Waals surface area contributed by atoms with Crippen molar-refractivity contribution in [3.05, 3.63) is 57.3 Å². The van der Waals surface area contributed by atoms with E-state index in [1.165, 1.54) is 18.2 Å². The van der Waals surface area contributed by atoms with E-state index in [2.05, 4.69) is 15.9 Å². The maximum Gasteiger partial charge on any atom is 0.142 e. The maximum absolute atomic E-state index is 13.1. The Hall–Kier alpha value is -1.10. The van der Waals surface area contributed by atoms with Gasteiger partial charge in [-0.3, -0.25) is 0 Å². The van der Waals surface area contributed by atoms with Gasteiger partial charge in [0.25, 0.3) is 0 Å². The van der Waals surface area contributed by atoms with E-state index in [1.54, 1.807) is 0 Å². The largest absolute Gasteiger partial charge is 0.457 e. The Morgan fingerprint density at radius 3 is 2.63 bits per heavy atom. The van der Waals surface area contributed by atoms with E-state index in [-0.39, 0.29) is 11.1 Å². The minimum absolute atomic E-state index is 0.0230. The summed E-state index contributed by atoms with van der Waals surface area (Å²) in [5, 5.41) is 0.0230. The van der Waals surface area contributed by atoms with Crippen molar-refractivity contribution in [3.63, 3.8) is 0 Å². The van der Waals surface area contributed by atoms with Gasteiger partial charge in [-0.1, -0.05) is 33.6 Å². The average Bonchev–Trinajstić information content (AvgIpc) is 2.33. The van der Waals surface area contributed by atoms with E-state index < -0.39 is 5.82 Å². The van der Waals surface area contributed by atoms with Gasteiger partial charge in [0.15, 0.2) is 0 Å². The Morgan fingerprint density at radius 1 is 1.26 bits per heavy atom. The van der Waals surface area contributed by atoms with Gasteiger partial charge < -0.3 is 10.5 Å². The SMILES string of the molecule is CC(N)c1ccc(Br)cc1Oc1ccc(F)c(Cl)c1. The van der Waals surface area contributed by atoms with Crippen LogP contribution in [0.2, 0.25) is 5.02 Å². The standard InChI is InChI=1S/C14H12BrClFNO/c1-8(18)11-4-2-9(15)6-14(11)19-10-3-5-13(17)12(16)7-10/h2-8H,18H2,1H3. The first kappa shape index (κ1) is 14.3. The molecule has 0 heterocycles. The molecular formula is C14H12BrClFNO. The molecule has 0 spiro atoms. The third-order valence-corrected chi connectivity index (χ3v) is 3.37. The number of benzene rings is 2. The molecule has 1 unspecified atom stereocenters. The first-order chi connectivity index (χ1) is 8.97. The fourth-order valence-corrected chi connectivity index (χ4v) is 2.15. The van der Waals surface area contributed by atoms with Gasteiger partial charge in [-0.05, 0) is 31.2 Å². The summed E-state index contributed by atoms with van der Waals surface area (Å²) in [6, 6.07) is 9.64. The van der Waals surface area contributed by atoms with Crippen molar-refractivity contribution in [1.29, 1.82) is 0 Å². The molecule has 2 N–H and O–H groups in total. The molecule has 2 rings (SSSR count). The van der Waals surface area contributed by atoms with Crippen LogP contribution >= 0.6 is 27.5 Å². The van der Waals surface area contributed by atoms with E-state index >= 15 is 0 Å². The Morgan fingerprint density at radius 2 is 2.00 bits per heavy atom. The van der Waals surface area contributed by atoms with Crippen molar-refractivity contribution in [2.24, 2.45) is 5.73 Å². The zero-order chi connectivity index (χ0) is 14.0. The highest BCUT2D eigenvalue weighted by molar-refractivity contribution is 9.10. The van der Waals surface area contributed by atoms with Gasteiger partial charge >= 0.3 is 0 Å². The predicted octanol–water partition coefficient (Wildman–Crippen LogP) is 5.05. The molecule has 0 saturated carbocycles. The van der Waals surface area contributed by atoms with E-state index in [9.17, 15) is 4.39 Å². The first-order valence-electron chi connectivity index (χ1n) is 5.65. The van der Waals surface area contributed by atoms with Gasteiger partial charge in [0.1, 0.15) is 17.3 Å². The molecule has 0 saturated heterocycles. The molecule has 2 aromatic rings. The Bertz CT molecular complexity index is 604. The average molecular weight is 345 g/mol. The molecule has 0 bridgehead atoms. The number of nitrogens with two attached hydrogens (primary N) is 1. The van der Waals surface area contributed by atoms with Crippen LogP contribution < -0.4 is 10.5 Å².